The van der Waals surface area contributed by atoms with Gasteiger partial charge in [-0.1, -0.05) is 45.9 Å². The number of methoxy groups -OCH3 is 1. The molecule has 0 saturated carbocycles. The number of ether oxygens (including phenoxy) is 6. The van der Waals surface area contributed by atoms with E-state index in [9.17, 15) is 24.0 Å². The molecule has 0 bridgehead atoms. The number of imidazole rings is 1. The lowest BCUT2D eigenvalue weighted by Crippen LogP contribution is -2.60. The zero-order valence-corrected chi connectivity index (χ0v) is 40.1. The lowest BCUT2D eigenvalue weighted by molar-refractivity contribution is -0.294. The number of ketones is 2. The van der Waals surface area contributed by atoms with Crippen molar-refractivity contribution in [2.45, 2.75) is 142 Å². The molecular formula is C49H68N6O11. The van der Waals surface area contributed by atoms with Crippen LogP contribution in [0.5, 0.6) is 0 Å². The molecule has 3 aliphatic heterocycles. The molecule has 3 aliphatic rings. The predicted molar refractivity (Wildman–Crippen MR) is 243 cm³/mol. The summed E-state index contributed by atoms with van der Waals surface area (Å²) in [6.45, 7) is 14.5. The van der Waals surface area contributed by atoms with Crippen LogP contribution in [0.1, 0.15) is 97.5 Å². The number of benzene rings is 1. The number of rotatable bonds is 13. The van der Waals surface area contributed by atoms with Gasteiger partial charge in [0.25, 0.3) is 0 Å². The number of carbonyl (C=O) groups is 5. The van der Waals surface area contributed by atoms with Crippen LogP contribution in [0.15, 0.2) is 67.4 Å². The van der Waals surface area contributed by atoms with Gasteiger partial charge in [-0.05, 0) is 91.7 Å². The number of cyclic esters (lactones) is 1. The third-order valence-electron chi connectivity index (χ3n) is 13.7. The number of Topliss-reactive ketones (excluding diaryl/α,β-unsaturated/α-hetero) is 2. The maximum absolute atomic E-state index is 14.8. The summed E-state index contributed by atoms with van der Waals surface area (Å²) in [6, 6.07) is 11.1. The summed E-state index contributed by atoms with van der Waals surface area (Å²) in [4.78, 5) is 81.6. The number of hydrogen-bond donors (Lipinski definition) is 1. The number of pyridine rings is 1. The van der Waals surface area contributed by atoms with E-state index in [2.05, 4.69) is 15.4 Å². The van der Waals surface area contributed by atoms with Crippen LogP contribution in [0.3, 0.4) is 0 Å². The molecule has 360 valence electrons. The van der Waals surface area contributed by atoms with Gasteiger partial charge in [0.15, 0.2) is 24.3 Å². The topological polar surface area (TPSA) is 190 Å². The highest BCUT2D eigenvalue weighted by molar-refractivity contribution is 6.00. The molecule has 1 aromatic carbocycles. The molecular weight excluding hydrogens is 849 g/mol. The zero-order chi connectivity index (χ0) is 48.0. The Bertz CT molecular complexity index is 2140. The van der Waals surface area contributed by atoms with E-state index in [1.54, 1.807) is 83.7 Å². The monoisotopic (exact) mass is 916 g/mol. The highest BCUT2D eigenvalue weighted by Crippen LogP contribution is 2.39. The van der Waals surface area contributed by atoms with Crippen molar-refractivity contribution in [2.24, 2.45) is 23.7 Å². The number of likely N-dealkylation sites (N-methyl/N-ethyl adjacent to an activating group) is 1. The van der Waals surface area contributed by atoms with Gasteiger partial charge in [-0.25, -0.2) is 25.0 Å². The molecule has 17 heteroatoms. The van der Waals surface area contributed by atoms with E-state index in [0.29, 0.717) is 24.9 Å². The third-order valence-corrected chi connectivity index (χ3v) is 13.7. The van der Waals surface area contributed by atoms with Gasteiger partial charge in [-0.15, -0.1) is 0 Å². The van der Waals surface area contributed by atoms with E-state index >= 15 is 0 Å². The molecule has 3 unspecified atom stereocenters. The molecule has 1 amide bonds. The van der Waals surface area contributed by atoms with Gasteiger partial charge in [0, 0.05) is 61.6 Å². The summed E-state index contributed by atoms with van der Waals surface area (Å²) >= 11 is 0. The Morgan fingerprint density at radius 1 is 1.00 bits per heavy atom. The highest BCUT2D eigenvalue weighted by atomic mass is 16.7. The lowest BCUT2D eigenvalue weighted by Gasteiger charge is -2.47. The predicted octanol–water partition coefficient (Wildman–Crippen LogP) is 6.08. The van der Waals surface area contributed by atoms with E-state index < -0.39 is 89.8 Å². The number of nitrogens with one attached hydrogen (secondary N) is 1. The minimum Gasteiger partial charge on any atom is -0.458 e. The summed E-state index contributed by atoms with van der Waals surface area (Å²) in [5.74, 6) is -5.92. The van der Waals surface area contributed by atoms with Crippen LogP contribution in [0, 0.1) is 23.7 Å². The number of hydrazine groups is 1. The molecule has 0 aliphatic carbocycles. The van der Waals surface area contributed by atoms with Gasteiger partial charge in [-0.2, -0.15) is 0 Å². The van der Waals surface area contributed by atoms with E-state index in [0.717, 1.165) is 11.3 Å². The summed E-state index contributed by atoms with van der Waals surface area (Å²) < 4.78 is 39.9. The maximum atomic E-state index is 14.8. The van der Waals surface area contributed by atoms with Gasteiger partial charge >= 0.3 is 18.0 Å². The lowest BCUT2D eigenvalue weighted by atomic mass is 9.75. The van der Waals surface area contributed by atoms with E-state index in [-0.39, 0.29) is 36.8 Å². The molecule has 66 heavy (non-hydrogen) atoms. The van der Waals surface area contributed by atoms with E-state index in [1.807, 2.05) is 55.7 Å². The SMILES string of the molecule is CC[C@H]1OC(=O)[C@H](C)C(=O)[C@H](C)[C@@H](OC2O[C@H](C)C[C@H](N(C)C)[C@H]2OC(=O)c2ccccc2)[C@](C)(OC)C[C@@H](C)C(=O)[C@H](C)[C@@H]2C1OC(=O)N2NCCC(C)n1cnc(-c2cccnc2)c1. The molecule has 0 spiro atoms. The van der Waals surface area contributed by atoms with Crippen molar-refractivity contribution in [2.75, 3.05) is 27.7 Å². The first-order valence-electron chi connectivity index (χ1n) is 23.1. The second kappa shape index (κ2) is 21.7. The molecule has 2 aromatic heterocycles. The van der Waals surface area contributed by atoms with Crippen LogP contribution in [0.25, 0.3) is 11.3 Å². The number of amides is 1. The van der Waals surface area contributed by atoms with Crippen molar-refractivity contribution >= 4 is 29.6 Å². The number of hydrogen-bond acceptors (Lipinski definition) is 15. The fourth-order valence-corrected chi connectivity index (χ4v) is 9.67. The van der Waals surface area contributed by atoms with Gasteiger partial charge in [-0.3, -0.25) is 19.4 Å². The van der Waals surface area contributed by atoms with Gasteiger partial charge in [0.05, 0.1) is 41.4 Å². The summed E-state index contributed by atoms with van der Waals surface area (Å²) in [5, 5.41) is 1.35. The minimum absolute atomic E-state index is 0.0252. The molecule has 3 saturated heterocycles. The van der Waals surface area contributed by atoms with Crippen LogP contribution in [0.4, 0.5) is 4.79 Å². The van der Waals surface area contributed by atoms with Crippen molar-refractivity contribution in [1.82, 2.24) is 29.9 Å². The molecule has 17 nitrogen and oxygen atoms in total. The Labute approximate surface area is 388 Å². The van der Waals surface area contributed by atoms with Crippen LogP contribution in [-0.4, -0.2) is 136 Å². The maximum Gasteiger partial charge on any atom is 0.425 e. The van der Waals surface area contributed by atoms with Crippen molar-refractivity contribution in [3.63, 3.8) is 0 Å². The van der Waals surface area contributed by atoms with E-state index in [4.69, 9.17) is 28.4 Å². The zero-order valence-electron chi connectivity index (χ0n) is 40.1. The standard InChI is InChI=1S/C49H68N6O11/c1-12-38-43-39(55(48(60)65-43)52-22-20-29(3)54-26-36(51-27-54)35-19-16-21-50-25-35)31(5)40(56)28(2)24-49(8,61-11)44(32(6)41(57)33(7)45(58)63-38)66-47-42(37(53(9)10)23-30(4)62-47)64-46(59)34-17-14-13-15-18-34/h13-19,21,25-33,37-39,42-44,47,52H,12,20,22-24H2,1-11H3/t28-,29?,30-,31-,32+,33-,37+,38-,39-,42-,43?,44-,47?,49-/m1/s1. The van der Waals surface area contributed by atoms with Crippen molar-refractivity contribution < 1.29 is 52.4 Å². The largest absolute Gasteiger partial charge is 0.458 e. The van der Waals surface area contributed by atoms with Gasteiger partial charge < -0.3 is 37.9 Å². The first kappa shape index (κ1) is 50.3. The number of nitrogens with zero attached hydrogens (tertiary/aromatic N) is 5. The Balaban J connectivity index is 1.29. The molecule has 0 radical (unpaired) electrons. The van der Waals surface area contributed by atoms with Gasteiger partial charge in [0.2, 0.25) is 0 Å². The first-order chi connectivity index (χ1) is 31.4. The highest BCUT2D eigenvalue weighted by Gasteiger charge is 2.55. The second-order valence-corrected chi connectivity index (χ2v) is 18.7. The smallest absolute Gasteiger partial charge is 0.425 e. The van der Waals surface area contributed by atoms with Crippen LogP contribution < -0.4 is 5.43 Å². The summed E-state index contributed by atoms with van der Waals surface area (Å²) in [7, 11) is 5.25. The first-order valence-corrected chi connectivity index (χ1v) is 23.1. The fraction of sp³-hybridized carbons (Fsp3) is 0.612. The number of aromatic nitrogens is 3. The molecule has 6 rings (SSSR count). The van der Waals surface area contributed by atoms with Crippen LogP contribution >= 0.6 is 0 Å². The Morgan fingerprint density at radius 3 is 2.38 bits per heavy atom. The Morgan fingerprint density at radius 2 is 1.73 bits per heavy atom. The Hall–Kier alpha value is -5.07. The number of esters is 2. The van der Waals surface area contributed by atoms with Gasteiger partial charge in [0.1, 0.15) is 23.8 Å². The average molecular weight is 917 g/mol. The second-order valence-electron chi connectivity index (χ2n) is 18.7. The molecule has 1 N–H and O–H groups in total. The van der Waals surface area contributed by atoms with Crippen LogP contribution in [-0.2, 0) is 42.8 Å². The molecule has 3 fully saturated rings. The van der Waals surface area contributed by atoms with Crippen molar-refractivity contribution in [1.29, 1.82) is 0 Å². The normalized spacial score (nSPS) is 32.9. The molecule has 3 aromatic rings. The summed E-state index contributed by atoms with van der Waals surface area (Å²) in [6.07, 6.45) is 2.24. The number of carbonyl (C=O) groups excluding carboxylic acids is 5. The average Bonchev–Trinajstić information content (AvgIpc) is 3.94. The molecule has 5 heterocycles. The minimum atomic E-state index is -1.35. The van der Waals surface area contributed by atoms with Crippen molar-refractivity contribution in [3.05, 3.63) is 72.9 Å². The third kappa shape index (κ3) is 11.0. The molecule has 14 atom stereocenters. The summed E-state index contributed by atoms with van der Waals surface area (Å²) in [5.41, 5.74) is 3.91. The quantitative estimate of drug-likeness (QED) is 0.118. The Kier molecular flexibility index (Phi) is 16.6. The van der Waals surface area contributed by atoms with E-state index in [1.165, 1.54) is 19.0 Å². The fourth-order valence-electron chi connectivity index (χ4n) is 9.67. The van der Waals surface area contributed by atoms with Crippen molar-refractivity contribution in [3.8, 4) is 11.3 Å². The number of fused-ring (bicyclic) bond motifs is 1. The van der Waals surface area contributed by atoms with Crippen LogP contribution in [0.2, 0.25) is 0 Å².